The molecule has 8 nitrogen and oxygen atoms in total. The highest BCUT2D eigenvalue weighted by Crippen LogP contribution is 2.25. The van der Waals surface area contributed by atoms with E-state index in [1.807, 2.05) is 59.5 Å². The van der Waals surface area contributed by atoms with E-state index in [4.69, 9.17) is 14.5 Å². The first-order valence-corrected chi connectivity index (χ1v) is 10.7. The Bertz CT molecular complexity index is 1060. The molecule has 0 unspecified atom stereocenters. The molecule has 1 aromatic heterocycles. The standard InChI is InChI=1S/C24H26N4O4/c1-31-26-20-15-21(11-12-23-25-22(13-14-29)27-32-23)28(16-20)24(30)19-9-7-18(8-10-19)17-5-3-2-4-6-17/h2-10,21,29H,11-16H2,1H3/t21-/m1/s1. The second-order valence-electron chi connectivity index (χ2n) is 7.69. The van der Waals surface area contributed by atoms with E-state index in [1.165, 1.54) is 7.11 Å². The van der Waals surface area contributed by atoms with Crippen LogP contribution in [0.3, 0.4) is 0 Å². The minimum absolute atomic E-state index is 0.0240. The minimum atomic E-state index is -0.0432. The average Bonchev–Trinajstić information content (AvgIpc) is 3.45. The maximum Gasteiger partial charge on any atom is 0.254 e. The number of aliphatic hydroxyl groups is 1. The fourth-order valence-electron chi connectivity index (χ4n) is 3.95. The van der Waals surface area contributed by atoms with E-state index in [0.29, 0.717) is 49.5 Å². The summed E-state index contributed by atoms with van der Waals surface area (Å²) in [5.74, 6) is 0.953. The first-order valence-electron chi connectivity index (χ1n) is 10.7. The molecule has 0 bridgehead atoms. The molecule has 1 saturated heterocycles. The smallest absolute Gasteiger partial charge is 0.254 e. The first kappa shape index (κ1) is 21.7. The number of hydrogen-bond donors (Lipinski definition) is 1. The van der Waals surface area contributed by atoms with Gasteiger partial charge in [0.05, 0.1) is 18.9 Å². The summed E-state index contributed by atoms with van der Waals surface area (Å²) >= 11 is 0. The van der Waals surface area contributed by atoms with Gasteiger partial charge in [0.25, 0.3) is 5.91 Å². The van der Waals surface area contributed by atoms with Gasteiger partial charge in [-0.2, -0.15) is 4.98 Å². The molecule has 1 atom stereocenters. The molecule has 0 aliphatic carbocycles. The van der Waals surface area contributed by atoms with Crippen molar-refractivity contribution in [1.29, 1.82) is 0 Å². The molecule has 4 rings (SSSR count). The molecule has 2 aromatic carbocycles. The Kier molecular flexibility index (Phi) is 6.91. The normalized spacial score (nSPS) is 17.1. The van der Waals surface area contributed by atoms with E-state index in [9.17, 15) is 4.79 Å². The van der Waals surface area contributed by atoms with Crippen molar-refractivity contribution < 1.29 is 19.3 Å². The van der Waals surface area contributed by atoms with Gasteiger partial charge in [0.1, 0.15) is 7.11 Å². The van der Waals surface area contributed by atoms with Gasteiger partial charge in [0.15, 0.2) is 5.82 Å². The molecule has 1 aliphatic rings. The van der Waals surface area contributed by atoms with Crippen LogP contribution in [0.25, 0.3) is 11.1 Å². The molecule has 8 heteroatoms. The van der Waals surface area contributed by atoms with Gasteiger partial charge in [0.2, 0.25) is 5.89 Å². The highest BCUT2D eigenvalue weighted by molar-refractivity contribution is 6.00. The Hall–Kier alpha value is -3.52. The molecule has 2 heterocycles. The summed E-state index contributed by atoms with van der Waals surface area (Å²) in [5.41, 5.74) is 3.65. The Morgan fingerprint density at radius 3 is 2.62 bits per heavy atom. The number of nitrogens with zero attached hydrogens (tertiary/aromatic N) is 4. The van der Waals surface area contributed by atoms with Crippen LogP contribution in [0, 0.1) is 0 Å². The van der Waals surface area contributed by atoms with Crippen LogP contribution in [0.1, 0.15) is 34.9 Å². The molecule has 32 heavy (non-hydrogen) atoms. The van der Waals surface area contributed by atoms with Crippen molar-refractivity contribution >= 4 is 11.6 Å². The van der Waals surface area contributed by atoms with Gasteiger partial charge in [-0.25, -0.2) is 0 Å². The van der Waals surface area contributed by atoms with E-state index in [2.05, 4.69) is 15.3 Å². The van der Waals surface area contributed by atoms with Crippen molar-refractivity contribution in [3.05, 3.63) is 71.9 Å². The zero-order valence-electron chi connectivity index (χ0n) is 18.0. The molecule has 1 aliphatic heterocycles. The molecule has 1 N–H and O–H groups in total. The summed E-state index contributed by atoms with van der Waals surface area (Å²) in [6, 6.07) is 17.7. The second kappa shape index (κ2) is 10.2. The highest BCUT2D eigenvalue weighted by Gasteiger charge is 2.34. The van der Waals surface area contributed by atoms with Crippen LogP contribution >= 0.6 is 0 Å². The predicted molar refractivity (Wildman–Crippen MR) is 119 cm³/mol. The van der Waals surface area contributed by atoms with Crippen LogP contribution < -0.4 is 0 Å². The lowest BCUT2D eigenvalue weighted by Gasteiger charge is -2.23. The fraction of sp³-hybridized carbons (Fsp3) is 0.333. The van der Waals surface area contributed by atoms with Crippen molar-refractivity contribution in [2.24, 2.45) is 5.16 Å². The van der Waals surface area contributed by atoms with Gasteiger partial charge in [-0.1, -0.05) is 52.8 Å². The lowest BCUT2D eigenvalue weighted by atomic mass is 10.0. The average molecular weight is 434 g/mol. The molecule has 0 radical (unpaired) electrons. The quantitative estimate of drug-likeness (QED) is 0.547. The van der Waals surface area contributed by atoms with E-state index in [-0.39, 0.29) is 18.6 Å². The number of aromatic nitrogens is 2. The number of rotatable bonds is 8. The van der Waals surface area contributed by atoms with Crippen LogP contribution in [0.4, 0.5) is 0 Å². The number of likely N-dealkylation sites (tertiary alicyclic amines) is 1. The Morgan fingerprint density at radius 1 is 1.16 bits per heavy atom. The summed E-state index contributed by atoms with van der Waals surface area (Å²) in [5, 5.41) is 16.9. The van der Waals surface area contributed by atoms with Crippen LogP contribution in [0.15, 0.2) is 64.3 Å². The number of carbonyl (C=O) groups is 1. The molecule has 1 amide bonds. The molecule has 1 fully saturated rings. The number of carbonyl (C=O) groups excluding carboxylic acids is 1. The summed E-state index contributed by atoms with van der Waals surface area (Å²) in [6.07, 6.45) is 2.21. The molecule has 166 valence electrons. The lowest BCUT2D eigenvalue weighted by molar-refractivity contribution is 0.0732. The topological polar surface area (TPSA) is 101 Å². The van der Waals surface area contributed by atoms with Gasteiger partial charge >= 0.3 is 0 Å². The zero-order chi connectivity index (χ0) is 22.3. The molecule has 0 saturated carbocycles. The van der Waals surface area contributed by atoms with Gasteiger partial charge in [-0.05, 0) is 29.7 Å². The van der Waals surface area contributed by atoms with Crippen molar-refractivity contribution in [2.75, 3.05) is 20.3 Å². The number of benzene rings is 2. The lowest BCUT2D eigenvalue weighted by Crippen LogP contribution is -2.36. The molecular weight excluding hydrogens is 408 g/mol. The SMILES string of the molecule is CON=C1C[C@@H](CCc2nc(CCO)no2)N(C(=O)c2ccc(-c3ccccc3)cc2)C1. The van der Waals surface area contributed by atoms with Gasteiger partial charge in [0, 0.05) is 30.9 Å². The van der Waals surface area contributed by atoms with E-state index < -0.39 is 0 Å². The third kappa shape index (κ3) is 5.03. The predicted octanol–water partition coefficient (Wildman–Crippen LogP) is 3.12. The highest BCUT2D eigenvalue weighted by atomic mass is 16.6. The molecule has 3 aromatic rings. The van der Waals surface area contributed by atoms with Crippen molar-refractivity contribution in [1.82, 2.24) is 15.0 Å². The molecular formula is C24H26N4O4. The van der Waals surface area contributed by atoms with E-state index in [1.54, 1.807) is 0 Å². The van der Waals surface area contributed by atoms with Crippen LogP contribution in [-0.4, -0.2) is 58.1 Å². The first-order chi connectivity index (χ1) is 15.7. The largest absolute Gasteiger partial charge is 0.399 e. The minimum Gasteiger partial charge on any atom is -0.399 e. The number of aliphatic hydroxyl groups excluding tert-OH is 1. The Morgan fingerprint density at radius 2 is 1.91 bits per heavy atom. The summed E-state index contributed by atoms with van der Waals surface area (Å²) < 4.78 is 5.26. The van der Waals surface area contributed by atoms with E-state index in [0.717, 1.165) is 16.8 Å². The monoisotopic (exact) mass is 434 g/mol. The van der Waals surface area contributed by atoms with Crippen LogP contribution in [0.5, 0.6) is 0 Å². The Balaban J connectivity index is 1.47. The van der Waals surface area contributed by atoms with Crippen LogP contribution in [-0.2, 0) is 17.7 Å². The molecule has 0 spiro atoms. The number of hydrogen-bond acceptors (Lipinski definition) is 7. The third-order valence-electron chi connectivity index (χ3n) is 5.52. The van der Waals surface area contributed by atoms with E-state index >= 15 is 0 Å². The summed E-state index contributed by atoms with van der Waals surface area (Å²) in [7, 11) is 1.51. The van der Waals surface area contributed by atoms with Crippen molar-refractivity contribution in [3.8, 4) is 11.1 Å². The van der Waals surface area contributed by atoms with Crippen LogP contribution in [0.2, 0.25) is 0 Å². The maximum absolute atomic E-state index is 13.3. The van der Waals surface area contributed by atoms with Gasteiger partial charge < -0.3 is 19.4 Å². The maximum atomic E-state index is 13.3. The van der Waals surface area contributed by atoms with Gasteiger partial charge in [-0.3, -0.25) is 4.79 Å². The zero-order valence-corrected chi connectivity index (χ0v) is 18.0. The van der Waals surface area contributed by atoms with Crippen molar-refractivity contribution in [2.45, 2.75) is 31.7 Å². The van der Waals surface area contributed by atoms with Gasteiger partial charge in [-0.15, -0.1) is 0 Å². The second-order valence-corrected chi connectivity index (χ2v) is 7.69. The summed E-state index contributed by atoms with van der Waals surface area (Å²) in [6.45, 7) is 0.404. The fourth-order valence-corrected chi connectivity index (χ4v) is 3.95. The Labute approximate surface area is 186 Å². The third-order valence-corrected chi connectivity index (χ3v) is 5.52. The number of aryl methyl sites for hydroxylation is 1. The van der Waals surface area contributed by atoms with Crippen molar-refractivity contribution in [3.63, 3.8) is 0 Å². The number of oxime groups is 1. The summed E-state index contributed by atoms with van der Waals surface area (Å²) in [4.78, 5) is 24.4. The number of amides is 1.